The third kappa shape index (κ3) is 5.08. The van der Waals surface area contributed by atoms with Crippen molar-refractivity contribution in [1.29, 1.82) is 0 Å². The Bertz CT molecular complexity index is 401. The molecule has 1 unspecified atom stereocenters. The molecule has 0 aliphatic rings. The van der Waals surface area contributed by atoms with Gasteiger partial charge in [-0.1, -0.05) is 13.8 Å². The number of aliphatic hydroxyl groups is 1. The molecule has 3 nitrogen and oxygen atoms in total. The molecule has 1 aromatic heterocycles. The van der Waals surface area contributed by atoms with Crippen LogP contribution in [0.5, 0.6) is 0 Å². The Morgan fingerprint density at radius 3 is 2.78 bits per heavy atom. The van der Waals surface area contributed by atoms with Crippen LogP contribution >= 0.6 is 27.3 Å². The SMILES string of the molecule is CC(C)C(C)(O)CNC(=O)CCc1cc(Br)cs1. The number of halogens is 1. The Kier molecular flexibility index (Phi) is 5.82. The maximum atomic E-state index is 11.7. The van der Waals surface area contributed by atoms with Gasteiger partial charge in [-0.05, 0) is 41.3 Å². The normalized spacial score (nSPS) is 14.6. The molecular weight excluding hydrogens is 314 g/mol. The molecule has 0 radical (unpaired) electrons. The van der Waals surface area contributed by atoms with E-state index in [9.17, 15) is 9.90 Å². The third-order valence-electron chi connectivity index (χ3n) is 3.11. The molecule has 0 aliphatic heterocycles. The highest BCUT2D eigenvalue weighted by atomic mass is 79.9. The van der Waals surface area contributed by atoms with E-state index in [-0.39, 0.29) is 11.8 Å². The van der Waals surface area contributed by atoms with E-state index in [1.54, 1.807) is 18.3 Å². The fourth-order valence-corrected chi connectivity index (χ4v) is 2.75. The average molecular weight is 334 g/mol. The zero-order valence-electron chi connectivity index (χ0n) is 11.0. The van der Waals surface area contributed by atoms with Crippen LogP contribution in [0.15, 0.2) is 15.9 Å². The van der Waals surface area contributed by atoms with E-state index >= 15 is 0 Å². The first-order chi connectivity index (χ1) is 8.31. The fraction of sp³-hybridized carbons (Fsp3) is 0.615. The van der Waals surface area contributed by atoms with E-state index in [1.807, 2.05) is 25.3 Å². The largest absolute Gasteiger partial charge is 0.388 e. The molecule has 0 spiro atoms. The van der Waals surface area contributed by atoms with Crippen molar-refractivity contribution in [1.82, 2.24) is 5.32 Å². The van der Waals surface area contributed by atoms with Gasteiger partial charge in [0.15, 0.2) is 0 Å². The summed E-state index contributed by atoms with van der Waals surface area (Å²) in [6.45, 7) is 5.93. The molecule has 1 rings (SSSR count). The standard InChI is InChI=1S/C13H20BrNO2S/c1-9(2)13(3,17)8-15-12(16)5-4-11-6-10(14)7-18-11/h6-7,9,17H,4-5,8H2,1-3H3,(H,15,16). The molecule has 0 fully saturated rings. The molecule has 0 saturated carbocycles. The second-order valence-corrected chi connectivity index (χ2v) is 6.93. The van der Waals surface area contributed by atoms with Gasteiger partial charge in [0.25, 0.3) is 0 Å². The van der Waals surface area contributed by atoms with Gasteiger partial charge in [0.1, 0.15) is 0 Å². The summed E-state index contributed by atoms with van der Waals surface area (Å²) >= 11 is 5.03. The lowest BCUT2D eigenvalue weighted by molar-refractivity contribution is -0.122. The van der Waals surface area contributed by atoms with Crippen molar-refractivity contribution in [2.75, 3.05) is 6.54 Å². The predicted molar refractivity (Wildman–Crippen MR) is 78.8 cm³/mol. The van der Waals surface area contributed by atoms with Gasteiger partial charge in [0.2, 0.25) is 5.91 Å². The van der Waals surface area contributed by atoms with Gasteiger partial charge in [0, 0.05) is 27.7 Å². The highest BCUT2D eigenvalue weighted by Crippen LogP contribution is 2.21. The van der Waals surface area contributed by atoms with Crippen LogP contribution in [0.4, 0.5) is 0 Å². The van der Waals surface area contributed by atoms with Gasteiger partial charge >= 0.3 is 0 Å². The Labute approximate surface area is 121 Å². The number of hydrogen-bond acceptors (Lipinski definition) is 3. The fourth-order valence-electron chi connectivity index (χ4n) is 1.29. The van der Waals surface area contributed by atoms with Crippen molar-refractivity contribution >= 4 is 33.2 Å². The van der Waals surface area contributed by atoms with Crippen molar-refractivity contribution in [3.63, 3.8) is 0 Å². The summed E-state index contributed by atoms with van der Waals surface area (Å²) < 4.78 is 1.06. The van der Waals surface area contributed by atoms with Gasteiger partial charge < -0.3 is 10.4 Å². The lowest BCUT2D eigenvalue weighted by atomic mass is 9.92. The maximum absolute atomic E-state index is 11.7. The smallest absolute Gasteiger partial charge is 0.220 e. The Hall–Kier alpha value is -0.390. The quantitative estimate of drug-likeness (QED) is 0.840. The van der Waals surface area contributed by atoms with Crippen LogP contribution in [0.25, 0.3) is 0 Å². The lowest BCUT2D eigenvalue weighted by Crippen LogP contribution is -2.44. The number of carbonyl (C=O) groups is 1. The molecule has 5 heteroatoms. The molecule has 1 atom stereocenters. The van der Waals surface area contributed by atoms with E-state index < -0.39 is 5.60 Å². The second-order valence-electron chi connectivity index (χ2n) is 5.02. The first-order valence-corrected chi connectivity index (χ1v) is 7.70. The molecule has 1 heterocycles. The van der Waals surface area contributed by atoms with E-state index in [1.165, 1.54) is 4.88 Å². The summed E-state index contributed by atoms with van der Waals surface area (Å²) in [5, 5.41) is 14.8. The number of nitrogens with one attached hydrogen (secondary N) is 1. The highest BCUT2D eigenvalue weighted by molar-refractivity contribution is 9.10. The summed E-state index contributed by atoms with van der Waals surface area (Å²) in [7, 11) is 0. The molecule has 0 bridgehead atoms. The summed E-state index contributed by atoms with van der Waals surface area (Å²) in [5.41, 5.74) is -0.846. The van der Waals surface area contributed by atoms with Crippen LogP contribution in [0.2, 0.25) is 0 Å². The maximum Gasteiger partial charge on any atom is 0.220 e. The van der Waals surface area contributed by atoms with Crippen LogP contribution in [-0.2, 0) is 11.2 Å². The van der Waals surface area contributed by atoms with E-state index in [2.05, 4.69) is 21.2 Å². The van der Waals surface area contributed by atoms with Crippen LogP contribution in [0.3, 0.4) is 0 Å². The Morgan fingerprint density at radius 1 is 1.61 bits per heavy atom. The molecule has 102 valence electrons. The molecule has 0 aliphatic carbocycles. The van der Waals surface area contributed by atoms with Crippen LogP contribution in [0.1, 0.15) is 32.1 Å². The summed E-state index contributed by atoms with van der Waals surface area (Å²) in [6.07, 6.45) is 1.20. The zero-order valence-corrected chi connectivity index (χ0v) is 13.4. The summed E-state index contributed by atoms with van der Waals surface area (Å²) in [4.78, 5) is 12.9. The van der Waals surface area contributed by atoms with E-state index in [0.29, 0.717) is 13.0 Å². The Morgan fingerprint density at radius 2 is 2.28 bits per heavy atom. The van der Waals surface area contributed by atoms with Gasteiger partial charge in [-0.2, -0.15) is 0 Å². The van der Waals surface area contributed by atoms with Crippen molar-refractivity contribution < 1.29 is 9.90 Å². The number of aryl methyl sites for hydroxylation is 1. The van der Waals surface area contributed by atoms with E-state index in [0.717, 1.165) is 10.9 Å². The first-order valence-electron chi connectivity index (χ1n) is 6.03. The number of hydrogen-bond donors (Lipinski definition) is 2. The molecule has 1 amide bonds. The lowest BCUT2D eigenvalue weighted by Gasteiger charge is -2.27. The minimum atomic E-state index is -0.846. The predicted octanol–water partition coefficient (Wildman–Crippen LogP) is 2.97. The van der Waals surface area contributed by atoms with Crippen LogP contribution < -0.4 is 5.32 Å². The minimum Gasteiger partial charge on any atom is -0.388 e. The second kappa shape index (κ2) is 6.68. The van der Waals surface area contributed by atoms with Crippen LogP contribution in [0, 0.1) is 5.92 Å². The summed E-state index contributed by atoms with van der Waals surface area (Å²) in [6, 6.07) is 2.03. The summed E-state index contributed by atoms with van der Waals surface area (Å²) in [5.74, 6) is 0.103. The third-order valence-corrected chi connectivity index (χ3v) is 4.86. The minimum absolute atomic E-state index is 0.0135. The first kappa shape index (κ1) is 15.7. The zero-order chi connectivity index (χ0) is 13.8. The number of thiophene rings is 1. The van der Waals surface area contributed by atoms with Gasteiger partial charge in [-0.25, -0.2) is 0 Å². The molecule has 2 N–H and O–H groups in total. The molecule has 0 aromatic carbocycles. The van der Waals surface area contributed by atoms with Crippen LogP contribution in [-0.4, -0.2) is 23.2 Å². The number of carbonyl (C=O) groups excluding carboxylic acids is 1. The van der Waals surface area contributed by atoms with Crippen molar-refractivity contribution in [2.45, 2.75) is 39.2 Å². The molecular formula is C13H20BrNO2S. The van der Waals surface area contributed by atoms with Crippen molar-refractivity contribution in [2.24, 2.45) is 5.92 Å². The van der Waals surface area contributed by atoms with Gasteiger partial charge in [-0.3, -0.25) is 4.79 Å². The van der Waals surface area contributed by atoms with Crippen molar-refractivity contribution in [3.8, 4) is 0 Å². The highest BCUT2D eigenvalue weighted by Gasteiger charge is 2.25. The molecule has 1 aromatic rings. The molecule has 0 saturated heterocycles. The molecule has 18 heavy (non-hydrogen) atoms. The topological polar surface area (TPSA) is 49.3 Å². The average Bonchev–Trinajstić information content (AvgIpc) is 2.69. The van der Waals surface area contributed by atoms with Gasteiger partial charge in [-0.15, -0.1) is 11.3 Å². The van der Waals surface area contributed by atoms with Gasteiger partial charge in [0.05, 0.1) is 5.60 Å². The number of amides is 1. The Balaban J connectivity index is 2.30. The monoisotopic (exact) mass is 333 g/mol. The number of rotatable bonds is 6. The van der Waals surface area contributed by atoms with E-state index in [4.69, 9.17) is 0 Å². The van der Waals surface area contributed by atoms with Crippen molar-refractivity contribution in [3.05, 3.63) is 20.8 Å².